The summed E-state index contributed by atoms with van der Waals surface area (Å²) in [6.07, 6.45) is 8.14. The molecule has 0 bridgehead atoms. The van der Waals surface area contributed by atoms with Gasteiger partial charge in [0, 0.05) is 48.1 Å². The van der Waals surface area contributed by atoms with Crippen molar-refractivity contribution in [3.05, 3.63) is 146 Å². The lowest BCUT2D eigenvalue weighted by Gasteiger charge is -2.35. The number of aromatic amines is 1. The van der Waals surface area contributed by atoms with Gasteiger partial charge in [0.05, 0.1) is 46.3 Å². The van der Waals surface area contributed by atoms with E-state index in [1.165, 1.54) is 40.0 Å². The number of benzene rings is 3. The lowest BCUT2D eigenvalue weighted by atomic mass is 9.83. The fourth-order valence-corrected chi connectivity index (χ4v) is 11.1. The van der Waals surface area contributed by atoms with E-state index in [9.17, 15) is 9.59 Å². The van der Waals surface area contributed by atoms with Crippen LogP contribution in [0.2, 0.25) is 0 Å². The second-order valence-electron chi connectivity index (χ2n) is 19.4. The zero-order valence-electron chi connectivity index (χ0n) is 38.8. The van der Waals surface area contributed by atoms with Crippen molar-refractivity contribution >= 4 is 33.5 Å². The number of nitrogens with zero attached hydrogens (tertiary/aromatic N) is 11. The molecule has 4 atom stereocenters. The maximum absolute atomic E-state index is 16.3. The first-order chi connectivity index (χ1) is 33.1. The Kier molecular flexibility index (Phi) is 9.16. The number of carbonyl (C=O) groups is 1. The summed E-state index contributed by atoms with van der Waals surface area (Å²) in [5.41, 5.74) is 3.32. The summed E-state index contributed by atoms with van der Waals surface area (Å²) < 4.78 is 50.4. The van der Waals surface area contributed by atoms with Crippen molar-refractivity contribution in [2.45, 2.75) is 83.9 Å². The van der Waals surface area contributed by atoms with Crippen molar-refractivity contribution in [3.63, 3.8) is 0 Å². The minimum Gasteiger partial charge on any atom is -0.376 e. The molecule has 9 aromatic rings. The average molecular weight is 933 g/mol. The predicted octanol–water partition coefficient (Wildman–Crippen LogP) is 7.86. The van der Waals surface area contributed by atoms with Crippen LogP contribution in [0.3, 0.4) is 0 Å². The van der Waals surface area contributed by atoms with Crippen LogP contribution in [0.25, 0.3) is 50.3 Å². The van der Waals surface area contributed by atoms with Crippen LogP contribution >= 0.6 is 0 Å². The summed E-state index contributed by atoms with van der Waals surface area (Å²) in [5, 5.41) is 23.4. The zero-order valence-corrected chi connectivity index (χ0v) is 38.8. The number of hydrogen-bond acceptors (Lipinski definition) is 10. The van der Waals surface area contributed by atoms with Gasteiger partial charge in [-0.2, -0.15) is 15.3 Å². The normalized spacial score (nSPS) is 20.7. The number of aryl methyl sites for hydroxylation is 3. The van der Waals surface area contributed by atoms with E-state index in [-0.39, 0.29) is 51.7 Å². The Balaban J connectivity index is 1.07. The number of hydrogen-bond donors (Lipinski definition) is 1. The first kappa shape index (κ1) is 42.5. The highest BCUT2D eigenvalue weighted by atomic mass is 19.1. The Morgan fingerprint density at radius 3 is 2.41 bits per heavy atom. The number of halogens is 2. The lowest BCUT2D eigenvalue weighted by Crippen LogP contribution is -2.40. The third-order valence-electron chi connectivity index (χ3n) is 14.6. The molecule has 0 unspecified atom stereocenters. The van der Waals surface area contributed by atoms with E-state index >= 15 is 13.6 Å². The second kappa shape index (κ2) is 14.8. The van der Waals surface area contributed by atoms with E-state index in [0.717, 1.165) is 29.3 Å². The smallest absolute Gasteiger partial charge is 0.376 e. The molecule has 1 saturated heterocycles. The molecule has 1 amide bonds. The number of amides is 1. The van der Waals surface area contributed by atoms with Crippen LogP contribution in [-0.4, -0.2) is 71.7 Å². The van der Waals surface area contributed by atoms with Crippen molar-refractivity contribution in [3.8, 4) is 28.5 Å². The monoisotopic (exact) mass is 932 g/mol. The number of anilines is 1. The standard InChI is InChI=1S/C50H46F2N12O5/c1-25-18-32(19-26(2)40(25)51)64-44(61-16-15-60(48(61)67)37-11-10-36-34(41(37)52)24-54-59(36)7)39-28(4)62(43-33(42(39)57-64)12-14-53-56-43)45(65)38-21-31-20-29(30-13-17-68-49(5,6)23-30)8-9-35(31)63(38)50(22-27(50)3)46-55-47(66)69-58-46/h8-12,14-16,18-21,24,27-28,30H,13,17,22-23H2,1-7H3,(H,55,58,66)/t27-,28-,30-,50-/m0/s1. The van der Waals surface area contributed by atoms with Crippen LogP contribution in [0.5, 0.6) is 0 Å². The molecule has 3 aromatic carbocycles. The fourth-order valence-electron chi connectivity index (χ4n) is 11.1. The molecular weight excluding hydrogens is 887 g/mol. The molecule has 0 spiro atoms. The van der Waals surface area contributed by atoms with Gasteiger partial charge in [-0.25, -0.2) is 23.1 Å². The molecule has 2 fully saturated rings. The number of nitrogens with one attached hydrogen (secondary N) is 1. The van der Waals surface area contributed by atoms with E-state index in [1.807, 2.05) is 30.5 Å². The fraction of sp³-hybridized carbons (Fsp3) is 0.320. The third-order valence-corrected chi connectivity index (χ3v) is 14.6. The van der Waals surface area contributed by atoms with Gasteiger partial charge in [0.1, 0.15) is 22.7 Å². The van der Waals surface area contributed by atoms with Gasteiger partial charge in [0.25, 0.3) is 5.91 Å². The van der Waals surface area contributed by atoms with E-state index in [1.54, 1.807) is 59.4 Å². The molecule has 8 heterocycles. The van der Waals surface area contributed by atoms with Crippen molar-refractivity contribution in [1.82, 2.24) is 53.6 Å². The Morgan fingerprint density at radius 2 is 1.68 bits per heavy atom. The molecule has 69 heavy (non-hydrogen) atoms. The molecular formula is C50H46F2N12O5. The number of H-pyrrole nitrogens is 1. The third kappa shape index (κ3) is 6.21. The molecule has 1 N–H and O–H groups in total. The van der Waals surface area contributed by atoms with E-state index in [0.29, 0.717) is 58.0 Å². The molecule has 6 aromatic heterocycles. The average Bonchev–Trinajstić information content (AvgIpc) is 3.96. The number of imidazole rings is 1. The van der Waals surface area contributed by atoms with Crippen LogP contribution in [0.1, 0.15) is 97.5 Å². The topological polar surface area (TPSA) is 182 Å². The zero-order chi connectivity index (χ0) is 48.0. The number of fused-ring (bicyclic) bond motifs is 5. The van der Waals surface area contributed by atoms with Gasteiger partial charge >= 0.3 is 11.4 Å². The van der Waals surface area contributed by atoms with Crippen molar-refractivity contribution in [2.24, 2.45) is 13.0 Å². The summed E-state index contributed by atoms with van der Waals surface area (Å²) in [4.78, 5) is 47.8. The number of carbonyl (C=O) groups excluding carboxylic acids is 1. The molecule has 2 aliphatic heterocycles. The largest absolute Gasteiger partial charge is 0.438 e. The highest BCUT2D eigenvalue weighted by Crippen LogP contribution is 2.56. The first-order valence-corrected chi connectivity index (χ1v) is 22.9. The number of aromatic nitrogens is 11. The van der Waals surface area contributed by atoms with E-state index in [4.69, 9.17) is 14.4 Å². The van der Waals surface area contributed by atoms with Crippen molar-refractivity contribution in [1.29, 1.82) is 0 Å². The van der Waals surface area contributed by atoms with E-state index in [2.05, 4.69) is 51.4 Å². The van der Waals surface area contributed by atoms with E-state index < -0.39 is 34.8 Å². The number of ether oxygens (including phenoxy) is 1. The maximum Gasteiger partial charge on any atom is 0.438 e. The SMILES string of the molecule is Cc1cc(-n2nc3c(c2-n2ccn(-c4ccc5c(cnn5C)c4F)c2=O)[C@H](C)N(C(=O)c2cc4cc([C@H]5CCOC(C)(C)C5)ccc4n2[C@@]2(c4noc(=O)[nH]4)C[C@@H]2C)c2nnccc2-3)cc(C)c1F. The summed E-state index contributed by atoms with van der Waals surface area (Å²) >= 11 is 0. The van der Waals surface area contributed by atoms with Crippen LogP contribution in [0.4, 0.5) is 14.6 Å². The quantitative estimate of drug-likeness (QED) is 0.165. The van der Waals surface area contributed by atoms with Gasteiger partial charge in [-0.15, -0.1) is 5.10 Å². The van der Waals surface area contributed by atoms with Gasteiger partial charge in [0.2, 0.25) is 0 Å². The van der Waals surface area contributed by atoms with Crippen molar-refractivity contribution < 1.29 is 22.8 Å². The highest BCUT2D eigenvalue weighted by Gasteiger charge is 2.59. The molecule has 1 saturated carbocycles. The number of rotatable bonds is 7. The maximum atomic E-state index is 16.3. The summed E-state index contributed by atoms with van der Waals surface area (Å²) in [5.74, 6) is -1.26. The predicted molar refractivity (Wildman–Crippen MR) is 250 cm³/mol. The lowest BCUT2D eigenvalue weighted by molar-refractivity contribution is -0.0592. The Bertz CT molecular complexity index is 3730. The minimum absolute atomic E-state index is 0.00587. The van der Waals surface area contributed by atoms with Gasteiger partial charge in [0.15, 0.2) is 23.3 Å². The van der Waals surface area contributed by atoms with Gasteiger partial charge in [-0.1, -0.05) is 18.1 Å². The minimum atomic E-state index is -0.949. The molecule has 350 valence electrons. The molecule has 1 aliphatic carbocycles. The van der Waals surface area contributed by atoms with Crippen LogP contribution in [0.15, 0.2) is 93.5 Å². The second-order valence-corrected chi connectivity index (χ2v) is 19.4. The molecule has 0 radical (unpaired) electrons. The Labute approximate surface area is 391 Å². The Morgan fingerprint density at radius 1 is 0.928 bits per heavy atom. The summed E-state index contributed by atoms with van der Waals surface area (Å²) in [6.45, 7) is 12.0. The van der Waals surface area contributed by atoms with Gasteiger partial charge in [-0.3, -0.25) is 33.0 Å². The van der Waals surface area contributed by atoms with Crippen LogP contribution in [-0.2, 0) is 17.3 Å². The Hall–Kier alpha value is -7.80. The summed E-state index contributed by atoms with van der Waals surface area (Å²) in [6, 6.07) is 15.5. The van der Waals surface area contributed by atoms with Gasteiger partial charge in [-0.05, 0) is 131 Å². The molecule has 12 rings (SSSR count). The highest BCUT2D eigenvalue weighted by molar-refractivity contribution is 6.11. The first-order valence-electron chi connectivity index (χ1n) is 22.9. The van der Waals surface area contributed by atoms with Crippen LogP contribution in [0, 0.1) is 31.4 Å². The van der Waals surface area contributed by atoms with Crippen LogP contribution < -0.4 is 16.3 Å². The molecule has 3 aliphatic rings. The molecule has 19 heteroatoms. The van der Waals surface area contributed by atoms with Crippen molar-refractivity contribution in [2.75, 3.05) is 11.5 Å². The molecule has 17 nitrogen and oxygen atoms in total. The summed E-state index contributed by atoms with van der Waals surface area (Å²) in [7, 11) is 1.71. The van der Waals surface area contributed by atoms with Gasteiger partial charge < -0.3 is 9.30 Å².